The number of hydrazine groups is 1. The van der Waals surface area contributed by atoms with Crippen molar-refractivity contribution in [2.75, 3.05) is 16.5 Å². The maximum absolute atomic E-state index is 12.2. The lowest BCUT2D eigenvalue weighted by Crippen LogP contribution is -2.30. The van der Waals surface area contributed by atoms with Gasteiger partial charge in [0.15, 0.2) is 11.6 Å². The third-order valence-electron chi connectivity index (χ3n) is 3.45. The van der Waals surface area contributed by atoms with Crippen LogP contribution in [0.2, 0.25) is 5.02 Å². The van der Waals surface area contributed by atoms with Crippen molar-refractivity contribution in [3.05, 3.63) is 65.1 Å². The molecule has 0 unspecified atom stereocenters. The standard InChI is InChI=1S/C17H16ClN7O/c1-10-6-7-13(20-8-10)23-15-14(19)16(22-9-21-15)24-25-17(26)11-4-2-3-5-12(11)18/h2-9H,19H2,1H3,(H,25,26)(H2,20,21,22,23,24). The number of nitrogens with one attached hydrogen (secondary N) is 3. The lowest BCUT2D eigenvalue weighted by molar-refractivity contribution is 0.0962. The van der Waals surface area contributed by atoms with Gasteiger partial charge in [-0.1, -0.05) is 29.8 Å². The molecule has 8 nitrogen and oxygen atoms in total. The summed E-state index contributed by atoms with van der Waals surface area (Å²) < 4.78 is 0. The van der Waals surface area contributed by atoms with Gasteiger partial charge in [-0.2, -0.15) is 0 Å². The fraction of sp³-hybridized carbons (Fsp3) is 0.0588. The molecular weight excluding hydrogens is 354 g/mol. The fourth-order valence-corrected chi connectivity index (χ4v) is 2.31. The molecule has 5 N–H and O–H groups in total. The highest BCUT2D eigenvalue weighted by Crippen LogP contribution is 2.24. The lowest BCUT2D eigenvalue weighted by atomic mass is 10.2. The molecule has 3 aromatic rings. The minimum absolute atomic E-state index is 0.231. The van der Waals surface area contributed by atoms with E-state index in [0.29, 0.717) is 22.2 Å². The topological polar surface area (TPSA) is 118 Å². The zero-order valence-electron chi connectivity index (χ0n) is 13.8. The number of pyridine rings is 1. The number of aromatic nitrogens is 3. The summed E-state index contributed by atoms with van der Waals surface area (Å²) in [6.45, 7) is 1.94. The molecule has 2 aromatic heterocycles. The van der Waals surface area contributed by atoms with Crippen molar-refractivity contribution in [1.29, 1.82) is 0 Å². The van der Waals surface area contributed by atoms with Gasteiger partial charge in [-0.15, -0.1) is 0 Å². The first-order valence-corrected chi connectivity index (χ1v) is 8.03. The van der Waals surface area contributed by atoms with Crippen LogP contribution < -0.4 is 21.9 Å². The first-order valence-electron chi connectivity index (χ1n) is 7.65. The molecule has 0 spiro atoms. The number of amides is 1. The van der Waals surface area contributed by atoms with Crippen LogP contribution in [0.3, 0.4) is 0 Å². The van der Waals surface area contributed by atoms with Crippen LogP contribution in [-0.2, 0) is 0 Å². The van der Waals surface area contributed by atoms with Crippen molar-refractivity contribution in [3.8, 4) is 0 Å². The smallest absolute Gasteiger partial charge is 0.271 e. The molecule has 0 saturated carbocycles. The average Bonchev–Trinajstić information content (AvgIpc) is 2.64. The lowest BCUT2D eigenvalue weighted by Gasteiger charge is -2.13. The van der Waals surface area contributed by atoms with Crippen LogP contribution in [0.5, 0.6) is 0 Å². The monoisotopic (exact) mass is 369 g/mol. The number of nitrogens with zero attached hydrogens (tertiary/aromatic N) is 3. The maximum Gasteiger partial charge on any atom is 0.271 e. The highest BCUT2D eigenvalue weighted by Gasteiger charge is 2.12. The summed E-state index contributed by atoms with van der Waals surface area (Å²) in [7, 11) is 0. The number of halogens is 1. The number of benzene rings is 1. The Bertz CT molecular complexity index is 931. The van der Waals surface area contributed by atoms with Crippen LogP contribution in [0, 0.1) is 6.92 Å². The molecule has 1 amide bonds. The molecular formula is C17H16ClN7O. The molecule has 0 saturated heterocycles. The maximum atomic E-state index is 12.2. The zero-order valence-corrected chi connectivity index (χ0v) is 14.6. The van der Waals surface area contributed by atoms with Crippen molar-refractivity contribution in [2.45, 2.75) is 6.92 Å². The first-order chi connectivity index (χ1) is 12.5. The van der Waals surface area contributed by atoms with E-state index >= 15 is 0 Å². The highest BCUT2D eigenvalue weighted by molar-refractivity contribution is 6.33. The largest absolute Gasteiger partial charge is 0.393 e. The predicted octanol–water partition coefficient (Wildman–Crippen LogP) is 2.92. The molecule has 1 aromatic carbocycles. The van der Waals surface area contributed by atoms with Crippen LogP contribution in [0.25, 0.3) is 0 Å². The Morgan fingerprint density at radius 3 is 2.58 bits per heavy atom. The molecule has 0 aliphatic rings. The highest BCUT2D eigenvalue weighted by atomic mass is 35.5. The third kappa shape index (κ3) is 3.98. The number of nitrogen functional groups attached to an aromatic ring is 1. The van der Waals surface area contributed by atoms with Gasteiger partial charge in [0.05, 0.1) is 10.6 Å². The van der Waals surface area contributed by atoms with E-state index in [4.69, 9.17) is 17.3 Å². The van der Waals surface area contributed by atoms with Gasteiger partial charge in [0, 0.05) is 6.20 Å². The van der Waals surface area contributed by atoms with Crippen LogP contribution in [-0.4, -0.2) is 20.9 Å². The molecule has 0 atom stereocenters. The molecule has 0 radical (unpaired) electrons. The minimum atomic E-state index is -0.414. The second kappa shape index (κ2) is 7.66. The van der Waals surface area contributed by atoms with E-state index < -0.39 is 5.91 Å². The van der Waals surface area contributed by atoms with Crippen LogP contribution >= 0.6 is 11.6 Å². The molecule has 9 heteroatoms. The van der Waals surface area contributed by atoms with Gasteiger partial charge in [0.2, 0.25) is 0 Å². The fourth-order valence-electron chi connectivity index (χ4n) is 2.09. The van der Waals surface area contributed by atoms with Gasteiger partial charge in [-0.05, 0) is 30.7 Å². The molecule has 2 heterocycles. The molecule has 0 bridgehead atoms. The molecule has 0 aliphatic carbocycles. The minimum Gasteiger partial charge on any atom is -0.393 e. The Morgan fingerprint density at radius 2 is 1.85 bits per heavy atom. The van der Waals surface area contributed by atoms with Crippen LogP contribution in [0.15, 0.2) is 48.9 Å². The van der Waals surface area contributed by atoms with E-state index in [2.05, 4.69) is 31.1 Å². The molecule has 0 aliphatic heterocycles. The van der Waals surface area contributed by atoms with E-state index in [0.717, 1.165) is 5.56 Å². The zero-order chi connectivity index (χ0) is 18.5. The van der Waals surface area contributed by atoms with Gasteiger partial charge in [-0.3, -0.25) is 15.6 Å². The number of carbonyl (C=O) groups excluding carboxylic acids is 1. The summed E-state index contributed by atoms with van der Waals surface area (Å²) in [5.74, 6) is 0.788. The molecule has 0 fully saturated rings. The van der Waals surface area contributed by atoms with E-state index in [1.54, 1.807) is 30.5 Å². The average molecular weight is 370 g/mol. The third-order valence-corrected chi connectivity index (χ3v) is 3.78. The number of hydrogen-bond acceptors (Lipinski definition) is 7. The number of aryl methyl sites for hydroxylation is 1. The molecule has 3 rings (SSSR count). The van der Waals surface area contributed by atoms with Crippen molar-refractivity contribution in [2.24, 2.45) is 0 Å². The summed E-state index contributed by atoms with van der Waals surface area (Å²) in [4.78, 5) is 24.5. The van der Waals surface area contributed by atoms with Gasteiger partial charge < -0.3 is 11.1 Å². The number of anilines is 4. The Balaban J connectivity index is 1.72. The summed E-state index contributed by atoms with van der Waals surface area (Å²) in [6.07, 6.45) is 3.04. The Hall–Kier alpha value is -3.39. The molecule has 26 heavy (non-hydrogen) atoms. The Morgan fingerprint density at radius 1 is 1.08 bits per heavy atom. The Labute approximate surface area is 154 Å². The quantitative estimate of drug-likeness (QED) is 0.510. The Kier molecular flexibility index (Phi) is 5.14. The van der Waals surface area contributed by atoms with E-state index in [-0.39, 0.29) is 11.5 Å². The summed E-state index contributed by atoms with van der Waals surface area (Å²) in [5.41, 5.74) is 12.8. The summed E-state index contributed by atoms with van der Waals surface area (Å²) >= 11 is 6.00. The number of rotatable bonds is 5. The van der Waals surface area contributed by atoms with Crippen molar-refractivity contribution >= 4 is 40.6 Å². The van der Waals surface area contributed by atoms with Crippen LogP contribution in [0.4, 0.5) is 23.1 Å². The van der Waals surface area contributed by atoms with Gasteiger partial charge in [0.1, 0.15) is 17.8 Å². The number of nitrogens with two attached hydrogens (primary N) is 1. The SMILES string of the molecule is Cc1ccc(Nc2ncnc(NNC(=O)c3ccccc3Cl)c2N)nc1. The van der Waals surface area contributed by atoms with Gasteiger partial charge in [-0.25, -0.2) is 15.0 Å². The van der Waals surface area contributed by atoms with E-state index in [1.807, 2.05) is 19.1 Å². The van der Waals surface area contributed by atoms with Crippen molar-refractivity contribution in [1.82, 2.24) is 20.4 Å². The predicted molar refractivity (Wildman–Crippen MR) is 101 cm³/mol. The molecule has 132 valence electrons. The number of carbonyl (C=O) groups is 1. The normalized spacial score (nSPS) is 10.2. The van der Waals surface area contributed by atoms with Crippen molar-refractivity contribution in [3.63, 3.8) is 0 Å². The van der Waals surface area contributed by atoms with Crippen LogP contribution in [0.1, 0.15) is 15.9 Å². The summed E-state index contributed by atoms with van der Waals surface area (Å²) in [5, 5.41) is 3.35. The second-order valence-corrected chi connectivity index (χ2v) is 5.80. The van der Waals surface area contributed by atoms with Crippen molar-refractivity contribution < 1.29 is 4.79 Å². The van der Waals surface area contributed by atoms with Gasteiger partial charge >= 0.3 is 0 Å². The summed E-state index contributed by atoms with van der Waals surface area (Å²) in [6, 6.07) is 10.4. The number of hydrogen-bond donors (Lipinski definition) is 4. The second-order valence-electron chi connectivity index (χ2n) is 5.39. The van der Waals surface area contributed by atoms with Gasteiger partial charge in [0.25, 0.3) is 5.91 Å². The van der Waals surface area contributed by atoms with E-state index in [1.165, 1.54) is 6.33 Å². The first kappa shape index (κ1) is 17.4. The van der Waals surface area contributed by atoms with E-state index in [9.17, 15) is 4.79 Å².